The number of benzene rings is 1. The third-order valence-corrected chi connectivity index (χ3v) is 4.29. The second-order valence-electron chi connectivity index (χ2n) is 5.04. The van der Waals surface area contributed by atoms with Crippen molar-refractivity contribution in [2.45, 2.75) is 13.5 Å². The fraction of sp³-hybridized carbons (Fsp3) is 0.125. The van der Waals surface area contributed by atoms with Crippen LogP contribution < -0.4 is 4.74 Å². The zero-order valence-corrected chi connectivity index (χ0v) is 13.6. The maximum atomic E-state index is 5.84. The monoisotopic (exact) mass is 339 g/mol. The SMILES string of the molecule is Cc1oc(-c2cccs2)nc1COc1cccc(-n2cnnn2)c1. The molecular weight excluding hydrogens is 326 g/mol. The van der Waals surface area contributed by atoms with Crippen LogP contribution in [0, 0.1) is 6.92 Å². The van der Waals surface area contributed by atoms with E-state index in [1.54, 1.807) is 16.0 Å². The number of ether oxygens (including phenoxy) is 1. The minimum Gasteiger partial charge on any atom is -0.487 e. The quantitative estimate of drug-likeness (QED) is 0.555. The molecule has 0 aliphatic heterocycles. The highest BCUT2D eigenvalue weighted by Crippen LogP contribution is 2.26. The van der Waals surface area contributed by atoms with Gasteiger partial charge in [0.15, 0.2) is 0 Å². The molecule has 3 aromatic heterocycles. The van der Waals surface area contributed by atoms with Crippen molar-refractivity contribution in [3.8, 4) is 22.2 Å². The van der Waals surface area contributed by atoms with Gasteiger partial charge in [0, 0.05) is 6.07 Å². The molecule has 8 heteroatoms. The van der Waals surface area contributed by atoms with E-state index < -0.39 is 0 Å². The average molecular weight is 339 g/mol. The van der Waals surface area contributed by atoms with E-state index in [2.05, 4.69) is 20.5 Å². The van der Waals surface area contributed by atoms with Crippen molar-refractivity contribution >= 4 is 11.3 Å². The molecule has 0 atom stereocenters. The first-order chi connectivity index (χ1) is 11.8. The number of oxazole rings is 1. The van der Waals surface area contributed by atoms with Crippen molar-refractivity contribution in [1.29, 1.82) is 0 Å². The summed E-state index contributed by atoms with van der Waals surface area (Å²) in [6.45, 7) is 2.22. The number of hydrogen-bond donors (Lipinski definition) is 0. The van der Waals surface area contributed by atoms with Gasteiger partial charge in [0.25, 0.3) is 0 Å². The van der Waals surface area contributed by atoms with Gasteiger partial charge in [-0.3, -0.25) is 0 Å². The Balaban J connectivity index is 1.50. The van der Waals surface area contributed by atoms with Gasteiger partial charge in [-0.2, -0.15) is 0 Å². The summed E-state index contributed by atoms with van der Waals surface area (Å²) in [5, 5.41) is 13.1. The van der Waals surface area contributed by atoms with E-state index in [1.807, 2.05) is 48.7 Å². The molecule has 7 nitrogen and oxygen atoms in total. The smallest absolute Gasteiger partial charge is 0.236 e. The van der Waals surface area contributed by atoms with E-state index in [4.69, 9.17) is 9.15 Å². The largest absolute Gasteiger partial charge is 0.487 e. The summed E-state index contributed by atoms with van der Waals surface area (Å²) in [6, 6.07) is 11.5. The molecule has 4 aromatic rings. The number of rotatable bonds is 5. The van der Waals surface area contributed by atoms with Gasteiger partial charge in [-0.25, -0.2) is 9.67 Å². The molecule has 0 spiro atoms. The fourth-order valence-corrected chi connectivity index (χ4v) is 2.86. The molecule has 1 aromatic carbocycles. The van der Waals surface area contributed by atoms with Crippen LogP contribution in [0.25, 0.3) is 16.5 Å². The zero-order valence-electron chi connectivity index (χ0n) is 12.8. The molecule has 0 N–H and O–H groups in total. The lowest BCUT2D eigenvalue weighted by atomic mass is 10.3. The fourth-order valence-electron chi connectivity index (χ4n) is 2.21. The van der Waals surface area contributed by atoms with Crippen molar-refractivity contribution in [1.82, 2.24) is 25.2 Å². The van der Waals surface area contributed by atoms with Gasteiger partial charge in [-0.05, 0) is 40.9 Å². The highest BCUT2D eigenvalue weighted by Gasteiger charge is 2.13. The van der Waals surface area contributed by atoms with E-state index in [1.165, 1.54) is 6.33 Å². The Bertz CT molecular complexity index is 931. The maximum Gasteiger partial charge on any atom is 0.236 e. The van der Waals surface area contributed by atoms with Gasteiger partial charge in [0.1, 0.15) is 30.1 Å². The first-order valence-corrected chi connectivity index (χ1v) is 8.14. The Hall–Kier alpha value is -3.00. The van der Waals surface area contributed by atoms with E-state index in [9.17, 15) is 0 Å². The van der Waals surface area contributed by atoms with Crippen molar-refractivity contribution in [2.24, 2.45) is 0 Å². The van der Waals surface area contributed by atoms with Crippen LogP contribution in [0.1, 0.15) is 11.5 Å². The molecular formula is C16H13N5O2S. The lowest BCUT2D eigenvalue weighted by Gasteiger charge is -2.06. The molecule has 4 rings (SSSR count). The Morgan fingerprint density at radius 2 is 2.21 bits per heavy atom. The maximum absolute atomic E-state index is 5.84. The summed E-state index contributed by atoms with van der Waals surface area (Å²) < 4.78 is 13.1. The summed E-state index contributed by atoms with van der Waals surface area (Å²) in [5.41, 5.74) is 1.61. The van der Waals surface area contributed by atoms with E-state index in [0.29, 0.717) is 18.2 Å². The Morgan fingerprint density at radius 3 is 3.00 bits per heavy atom. The van der Waals surface area contributed by atoms with Crippen LogP contribution in [0.4, 0.5) is 0 Å². The van der Waals surface area contributed by atoms with Crippen LogP contribution in [0.5, 0.6) is 5.75 Å². The summed E-state index contributed by atoms with van der Waals surface area (Å²) in [6.07, 6.45) is 1.54. The van der Waals surface area contributed by atoms with Crippen LogP contribution in [-0.2, 0) is 6.61 Å². The van der Waals surface area contributed by atoms with Gasteiger partial charge in [0.2, 0.25) is 5.89 Å². The highest BCUT2D eigenvalue weighted by atomic mass is 32.1. The minimum atomic E-state index is 0.333. The van der Waals surface area contributed by atoms with Crippen molar-refractivity contribution in [2.75, 3.05) is 0 Å². The average Bonchev–Trinajstić information content (AvgIpc) is 3.35. The Morgan fingerprint density at radius 1 is 1.25 bits per heavy atom. The predicted molar refractivity (Wildman–Crippen MR) is 88.0 cm³/mol. The lowest BCUT2D eigenvalue weighted by Crippen LogP contribution is -1.99. The van der Waals surface area contributed by atoms with Crippen LogP contribution in [0.15, 0.2) is 52.5 Å². The van der Waals surface area contributed by atoms with Crippen LogP contribution >= 0.6 is 11.3 Å². The molecule has 0 unspecified atom stereocenters. The Kier molecular flexibility index (Phi) is 3.80. The number of aromatic nitrogens is 5. The van der Waals surface area contributed by atoms with Crippen molar-refractivity contribution in [3.05, 3.63) is 59.6 Å². The van der Waals surface area contributed by atoms with Crippen LogP contribution in [-0.4, -0.2) is 25.2 Å². The third-order valence-electron chi connectivity index (χ3n) is 3.43. The topological polar surface area (TPSA) is 78.9 Å². The molecule has 0 amide bonds. The van der Waals surface area contributed by atoms with Crippen molar-refractivity contribution < 1.29 is 9.15 Å². The molecule has 0 radical (unpaired) electrons. The molecule has 0 fully saturated rings. The molecule has 0 aliphatic rings. The molecule has 0 saturated carbocycles. The second-order valence-corrected chi connectivity index (χ2v) is 5.99. The number of nitrogens with zero attached hydrogens (tertiary/aromatic N) is 5. The number of tetrazole rings is 1. The van der Waals surface area contributed by atoms with Gasteiger partial charge in [-0.1, -0.05) is 12.1 Å². The molecule has 120 valence electrons. The third kappa shape index (κ3) is 2.91. The highest BCUT2D eigenvalue weighted by molar-refractivity contribution is 7.13. The Labute approximate surface area is 141 Å². The predicted octanol–water partition coefficient (Wildman–Crippen LogP) is 3.27. The van der Waals surface area contributed by atoms with Gasteiger partial charge in [-0.15, -0.1) is 16.4 Å². The standard InChI is InChI=1S/C16H13N5O2S/c1-11-14(18-16(23-11)15-6-3-7-24-15)9-22-13-5-2-4-12(8-13)21-10-17-19-20-21/h2-8,10H,9H2,1H3. The molecule has 24 heavy (non-hydrogen) atoms. The number of hydrogen-bond acceptors (Lipinski definition) is 7. The normalized spacial score (nSPS) is 10.9. The summed E-state index contributed by atoms with van der Waals surface area (Å²) in [4.78, 5) is 5.53. The molecule has 0 saturated heterocycles. The summed E-state index contributed by atoms with van der Waals surface area (Å²) >= 11 is 1.59. The molecule has 0 bridgehead atoms. The number of thiophene rings is 1. The first-order valence-electron chi connectivity index (χ1n) is 7.26. The van der Waals surface area contributed by atoms with E-state index in [0.717, 1.165) is 22.0 Å². The summed E-state index contributed by atoms with van der Waals surface area (Å²) in [7, 11) is 0. The minimum absolute atomic E-state index is 0.333. The van der Waals surface area contributed by atoms with E-state index in [-0.39, 0.29) is 0 Å². The lowest BCUT2D eigenvalue weighted by molar-refractivity contribution is 0.299. The first kappa shape index (κ1) is 14.6. The van der Waals surface area contributed by atoms with Crippen LogP contribution in [0.2, 0.25) is 0 Å². The zero-order chi connectivity index (χ0) is 16.4. The summed E-state index contributed by atoms with van der Waals surface area (Å²) in [5.74, 6) is 2.10. The van der Waals surface area contributed by atoms with Crippen molar-refractivity contribution in [3.63, 3.8) is 0 Å². The van der Waals surface area contributed by atoms with E-state index >= 15 is 0 Å². The molecule has 3 heterocycles. The van der Waals surface area contributed by atoms with Gasteiger partial charge >= 0.3 is 0 Å². The van der Waals surface area contributed by atoms with Gasteiger partial charge in [0.05, 0.1) is 10.6 Å². The molecule has 0 aliphatic carbocycles. The number of aryl methyl sites for hydroxylation is 1. The second kappa shape index (κ2) is 6.25. The van der Waals surface area contributed by atoms with Gasteiger partial charge < -0.3 is 9.15 Å². The van der Waals surface area contributed by atoms with Crippen LogP contribution in [0.3, 0.4) is 0 Å².